The van der Waals surface area contributed by atoms with Gasteiger partial charge in [0, 0.05) is 19.1 Å². The summed E-state index contributed by atoms with van der Waals surface area (Å²) in [4.78, 5) is 5.42. The zero-order valence-electron chi connectivity index (χ0n) is 11.7. The van der Waals surface area contributed by atoms with Crippen LogP contribution in [0, 0.1) is 0 Å². The lowest BCUT2D eigenvalue weighted by molar-refractivity contribution is 0.130. The van der Waals surface area contributed by atoms with Crippen molar-refractivity contribution in [1.29, 1.82) is 0 Å². The minimum Gasteiger partial charge on any atom is -0.302 e. The molecular weight excluding hydrogens is 208 g/mol. The third-order valence-electron chi connectivity index (χ3n) is 4.65. The summed E-state index contributed by atoms with van der Waals surface area (Å²) in [5.41, 5.74) is 0. The summed E-state index contributed by atoms with van der Waals surface area (Å²) in [6.07, 6.45) is 11.6. The van der Waals surface area contributed by atoms with Crippen molar-refractivity contribution in [3.8, 4) is 0 Å². The lowest BCUT2D eigenvalue weighted by Crippen LogP contribution is -2.43. The van der Waals surface area contributed by atoms with Gasteiger partial charge in [0.1, 0.15) is 0 Å². The SMILES string of the molecule is CCN(CCN1CCCCC1)C1CCCCC1. The molecule has 0 spiro atoms. The molecule has 17 heavy (non-hydrogen) atoms. The van der Waals surface area contributed by atoms with E-state index < -0.39 is 0 Å². The van der Waals surface area contributed by atoms with Crippen molar-refractivity contribution in [3.63, 3.8) is 0 Å². The third-order valence-corrected chi connectivity index (χ3v) is 4.65. The second-order valence-corrected chi connectivity index (χ2v) is 5.82. The van der Waals surface area contributed by atoms with E-state index in [2.05, 4.69) is 16.7 Å². The van der Waals surface area contributed by atoms with Crippen LogP contribution in [0.5, 0.6) is 0 Å². The predicted molar refractivity (Wildman–Crippen MR) is 74.4 cm³/mol. The molecule has 0 radical (unpaired) electrons. The molecule has 1 aliphatic heterocycles. The molecule has 0 N–H and O–H groups in total. The molecule has 1 aliphatic carbocycles. The van der Waals surface area contributed by atoms with Gasteiger partial charge in [-0.25, -0.2) is 0 Å². The van der Waals surface area contributed by atoms with Crippen LogP contribution in [0.1, 0.15) is 58.3 Å². The minimum absolute atomic E-state index is 0.901. The molecule has 2 rings (SSSR count). The van der Waals surface area contributed by atoms with Crippen LogP contribution >= 0.6 is 0 Å². The van der Waals surface area contributed by atoms with Gasteiger partial charge in [0.2, 0.25) is 0 Å². The Morgan fingerprint density at radius 2 is 1.59 bits per heavy atom. The van der Waals surface area contributed by atoms with Crippen molar-refractivity contribution in [2.24, 2.45) is 0 Å². The van der Waals surface area contributed by atoms with Crippen LogP contribution in [0.15, 0.2) is 0 Å². The van der Waals surface area contributed by atoms with Gasteiger partial charge in [-0.2, -0.15) is 0 Å². The summed E-state index contributed by atoms with van der Waals surface area (Å²) in [7, 11) is 0. The summed E-state index contributed by atoms with van der Waals surface area (Å²) in [5, 5.41) is 0. The average Bonchev–Trinajstić information content (AvgIpc) is 2.42. The first-order valence-electron chi connectivity index (χ1n) is 7.86. The van der Waals surface area contributed by atoms with Crippen LogP contribution in [-0.2, 0) is 0 Å². The second-order valence-electron chi connectivity index (χ2n) is 5.82. The van der Waals surface area contributed by atoms with Crippen LogP contribution in [-0.4, -0.2) is 48.6 Å². The molecule has 0 aromatic rings. The van der Waals surface area contributed by atoms with E-state index >= 15 is 0 Å². The summed E-state index contributed by atoms with van der Waals surface area (Å²) >= 11 is 0. The molecule has 0 atom stereocenters. The molecular formula is C15H30N2. The zero-order valence-corrected chi connectivity index (χ0v) is 11.7. The summed E-state index contributed by atoms with van der Waals surface area (Å²) in [5.74, 6) is 0. The van der Waals surface area contributed by atoms with Gasteiger partial charge in [-0.15, -0.1) is 0 Å². The van der Waals surface area contributed by atoms with E-state index in [1.165, 1.54) is 84.1 Å². The Morgan fingerprint density at radius 3 is 2.24 bits per heavy atom. The third kappa shape index (κ3) is 4.26. The molecule has 100 valence electrons. The topological polar surface area (TPSA) is 6.48 Å². The Morgan fingerprint density at radius 1 is 0.941 bits per heavy atom. The largest absolute Gasteiger partial charge is 0.302 e. The Kier molecular flexibility index (Phi) is 5.79. The highest BCUT2D eigenvalue weighted by atomic mass is 15.2. The van der Waals surface area contributed by atoms with Crippen molar-refractivity contribution >= 4 is 0 Å². The average molecular weight is 238 g/mol. The lowest BCUT2D eigenvalue weighted by atomic mass is 9.94. The van der Waals surface area contributed by atoms with Gasteiger partial charge >= 0.3 is 0 Å². The number of piperidine rings is 1. The van der Waals surface area contributed by atoms with Gasteiger partial charge in [0.25, 0.3) is 0 Å². The van der Waals surface area contributed by atoms with Crippen LogP contribution < -0.4 is 0 Å². The first kappa shape index (κ1) is 13.4. The first-order chi connectivity index (χ1) is 8.40. The van der Waals surface area contributed by atoms with Crippen LogP contribution in [0.25, 0.3) is 0 Å². The number of hydrogen-bond acceptors (Lipinski definition) is 2. The first-order valence-corrected chi connectivity index (χ1v) is 7.86. The smallest absolute Gasteiger partial charge is 0.0112 e. The Hall–Kier alpha value is -0.0800. The van der Waals surface area contributed by atoms with E-state index in [1.54, 1.807) is 0 Å². The summed E-state index contributed by atoms with van der Waals surface area (Å²) in [6.45, 7) is 8.90. The van der Waals surface area contributed by atoms with Crippen molar-refractivity contribution < 1.29 is 0 Å². The van der Waals surface area contributed by atoms with Crippen molar-refractivity contribution in [3.05, 3.63) is 0 Å². The molecule has 1 heterocycles. The molecule has 1 saturated heterocycles. The molecule has 0 unspecified atom stereocenters. The molecule has 2 fully saturated rings. The lowest BCUT2D eigenvalue weighted by Gasteiger charge is -2.36. The number of likely N-dealkylation sites (N-methyl/N-ethyl adjacent to an activating group) is 1. The molecule has 0 aromatic carbocycles. The van der Waals surface area contributed by atoms with Crippen LogP contribution in [0.2, 0.25) is 0 Å². The zero-order chi connectivity index (χ0) is 11.9. The maximum absolute atomic E-state index is 2.74. The molecule has 2 nitrogen and oxygen atoms in total. The molecule has 2 aliphatic rings. The van der Waals surface area contributed by atoms with Crippen LogP contribution in [0.4, 0.5) is 0 Å². The summed E-state index contributed by atoms with van der Waals surface area (Å²) < 4.78 is 0. The van der Waals surface area contributed by atoms with Gasteiger partial charge in [-0.05, 0) is 45.3 Å². The molecule has 0 bridgehead atoms. The van der Waals surface area contributed by atoms with E-state index in [0.717, 1.165) is 6.04 Å². The van der Waals surface area contributed by atoms with Gasteiger partial charge in [0.15, 0.2) is 0 Å². The monoisotopic (exact) mass is 238 g/mol. The normalized spacial score (nSPS) is 24.4. The fraction of sp³-hybridized carbons (Fsp3) is 1.00. The van der Waals surface area contributed by atoms with E-state index in [4.69, 9.17) is 0 Å². The van der Waals surface area contributed by atoms with E-state index in [0.29, 0.717) is 0 Å². The molecule has 1 saturated carbocycles. The minimum atomic E-state index is 0.901. The van der Waals surface area contributed by atoms with Gasteiger partial charge in [-0.1, -0.05) is 32.6 Å². The summed E-state index contributed by atoms with van der Waals surface area (Å²) in [6, 6.07) is 0.901. The quantitative estimate of drug-likeness (QED) is 0.726. The fourth-order valence-corrected chi connectivity index (χ4v) is 3.50. The number of rotatable bonds is 5. The molecule has 0 aromatic heterocycles. The number of nitrogens with zero attached hydrogens (tertiary/aromatic N) is 2. The highest BCUT2D eigenvalue weighted by Gasteiger charge is 2.20. The standard InChI is InChI=1S/C15H30N2/c1-2-17(15-9-5-3-6-10-15)14-13-16-11-7-4-8-12-16/h15H,2-14H2,1H3. The molecule has 2 heteroatoms. The predicted octanol–water partition coefficient (Wildman–Crippen LogP) is 3.13. The van der Waals surface area contributed by atoms with E-state index in [-0.39, 0.29) is 0 Å². The van der Waals surface area contributed by atoms with Crippen molar-refractivity contribution in [1.82, 2.24) is 9.80 Å². The molecule has 0 amide bonds. The Labute approximate surface area is 107 Å². The van der Waals surface area contributed by atoms with Crippen molar-refractivity contribution in [2.45, 2.75) is 64.3 Å². The van der Waals surface area contributed by atoms with E-state index in [1.807, 2.05) is 0 Å². The highest BCUT2D eigenvalue weighted by molar-refractivity contribution is 4.76. The van der Waals surface area contributed by atoms with Crippen molar-refractivity contribution in [2.75, 3.05) is 32.7 Å². The Balaban J connectivity index is 1.70. The maximum Gasteiger partial charge on any atom is 0.0112 e. The van der Waals surface area contributed by atoms with Gasteiger partial charge in [-0.3, -0.25) is 4.90 Å². The van der Waals surface area contributed by atoms with Gasteiger partial charge < -0.3 is 4.90 Å². The maximum atomic E-state index is 2.74. The second kappa shape index (κ2) is 7.38. The van der Waals surface area contributed by atoms with E-state index in [9.17, 15) is 0 Å². The number of likely N-dealkylation sites (tertiary alicyclic amines) is 1. The van der Waals surface area contributed by atoms with Crippen LogP contribution in [0.3, 0.4) is 0 Å². The fourth-order valence-electron chi connectivity index (χ4n) is 3.50. The number of hydrogen-bond donors (Lipinski definition) is 0. The van der Waals surface area contributed by atoms with Gasteiger partial charge in [0.05, 0.1) is 0 Å². The Bertz CT molecular complexity index is 193. The highest BCUT2D eigenvalue weighted by Crippen LogP contribution is 2.22.